The molecule has 0 spiro atoms. The molecule has 0 aliphatic carbocycles. The predicted octanol–water partition coefficient (Wildman–Crippen LogP) is 1.19. The SMILES string of the molecule is Cn1cc(C(=O)NC2CNc3ccccc3C2)cn1. The zero-order chi connectivity index (χ0) is 13.2. The molecule has 1 aromatic carbocycles. The largest absolute Gasteiger partial charge is 0.383 e. The number of aryl methyl sites for hydroxylation is 1. The van der Waals surface area contributed by atoms with Gasteiger partial charge >= 0.3 is 0 Å². The van der Waals surface area contributed by atoms with Crippen LogP contribution in [0.4, 0.5) is 5.69 Å². The van der Waals surface area contributed by atoms with Crippen molar-refractivity contribution in [3.8, 4) is 0 Å². The van der Waals surface area contributed by atoms with Gasteiger partial charge in [0.05, 0.1) is 17.8 Å². The van der Waals surface area contributed by atoms with Gasteiger partial charge in [-0.05, 0) is 18.1 Å². The maximum absolute atomic E-state index is 12.0. The van der Waals surface area contributed by atoms with Crippen LogP contribution in [0, 0.1) is 0 Å². The molecule has 1 amide bonds. The Balaban J connectivity index is 1.68. The van der Waals surface area contributed by atoms with Crippen molar-refractivity contribution in [1.82, 2.24) is 15.1 Å². The Labute approximate surface area is 111 Å². The fourth-order valence-electron chi connectivity index (χ4n) is 2.35. The van der Waals surface area contributed by atoms with Crippen LogP contribution in [0.2, 0.25) is 0 Å². The number of carbonyl (C=O) groups excluding carboxylic acids is 1. The Bertz CT molecular complexity index is 605. The lowest BCUT2D eigenvalue weighted by Gasteiger charge is -2.26. The number of aromatic nitrogens is 2. The van der Waals surface area contributed by atoms with Gasteiger partial charge in [-0.15, -0.1) is 0 Å². The molecule has 0 fully saturated rings. The van der Waals surface area contributed by atoms with E-state index in [2.05, 4.69) is 27.9 Å². The number of hydrogen-bond acceptors (Lipinski definition) is 3. The van der Waals surface area contributed by atoms with E-state index in [1.54, 1.807) is 24.1 Å². The summed E-state index contributed by atoms with van der Waals surface area (Å²) in [6.45, 7) is 0.753. The molecule has 0 saturated carbocycles. The van der Waals surface area contributed by atoms with Gasteiger partial charge in [-0.1, -0.05) is 18.2 Å². The summed E-state index contributed by atoms with van der Waals surface area (Å²) in [4.78, 5) is 12.0. The van der Waals surface area contributed by atoms with Crippen LogP contribution in [0.1, 0.15) is 15.9 Å². The number of amides is 1. The molecule has 1 unspecified atom stereocenters. The molecular formula is C14H16N4O. The quantitative estimate of drug-likeness (QED) is 0.848. The molecule has 98 valence electrons. The van der Waals surface area contributed by atoms with Crippen molar-refractivity contribution in [2.45, 2.75) is 12.5 Å². The number of anilines is 1. The summed E-state index contributed by atoms with van der Waals surface area (Å²) in [5, 5.41) is 10.4. The van der Waals surface area contributed by atoms with E-state index in [-0.39, 0.29) is 11.9 Å². The highest BCUT2D eigenvalue weighted by Gasteiger charge is 2.20. The third-order valence-electron chi connectivity index (χ3n) is 3.32. The van der Waals surface area contributed by atoms with E-state index in [0.29, 0.717) is 5.56 Å². The van der Waals surface area contributed by atoms with Gasteiger partial charge in [0.15, 0.2) is 0 Å². The molecule has 1 aliphatic heterocycles. The molecule has 2 heterocycles. The van der Waals surface area contributed by atoms with Gasteiger partial charge < -0.3 is 10.6 Å². The van der Waals surface area contributed by atoms with Crippen molar-refractivity contribution in [3.05, 3.63) is 47.8 Å². The minimum Gasteiger partial charge on any atom is -0.383 e. The molecule has 0 radical (unpaired) electrons. The van der Waals surface area contributed by atoms with Gasteiger partial charge in [-0.25, -0.2) is 0 Å². The third-order valence-corrected chi connectivity index (χ3v) is 3.32. The minimum atomic E-state index is -0.0701. The average Bonchev–Trinajstić information content (AvgIpc) is 2.85. The van der Waals surface area contributed by atoms with Gasteiger partial charge in [-0.2, -0.15) is 5.10 Å². The van der Waals surface area contributed by atoms with Crippen LogP contribution in [0.15, 0.2) is 36.7 Å². The molecule has 0 bridgehead atoms. The zero-order valence-corrected chi connectivity index (χ0v) is 10.8. The number of carbonyl (C=O) groups is 1. The molecule has 5 heteroatoms. The summed E-state index contributed by atoms with van der Waals surface area (Å²) in [6, 6.07) is 8.30. The second-order valence-corrected chi connectivity index (χ2v) is 4.82. The third kappa shape index (κ3) is 2.45. The second kappa shape index (κ2) is 4.76. The molecule has 0 saturated heterocycles. The average molecular weight is 256 g/mol. The Kier molecular flexibility index (Phi) is 2.95. The first kappa shape index (κ1) is 11.8. The number of nitrogens with zero attached hydrogens (tertiary/aromatic N) is 2. The maximum atomic E-state index is 12.0. The maximum Gasteiger partial charge on any atom is 0.254 e. The lowest BCUT2D eigenvalue weighted by atomic mass is 9.99. The predicted molar refractivity (Wildman–Crippen MR) is 73.1 cm³/mol. The highest BCUT2D eigenvalue weighted by Crippen LogP contribution is 2.21. The van der Waals surface area contributed by atoms with Crippen LogP contribution in [0.3, 0.4) is 0 Å². The second-order valence-electron chi connectivity index (χ2n) is 4.82. The Morgan fingerprint density at radius 1 is 1.47 bits per heavy atom. The van der Waals surface area contributed by atoms with Crippen LogP contribution in [-0.2, 0) is 13.5 Å². The van der Waals surface area contributed by atoms with E-state index in [1.165, 1.54) is 5.56 Å². The van der Waals surface area contributed by atoms with Crippen molar-refractivity contribution in [2.75, 3.05) is 11.9 Å². The molecule has 2 aromatic rings. The summed E-state index contributed by atoms with van der Waals surface area (Å²) in [6.07, 6.45) is 4.16. The summed E-state index contributed by atoms with van der Waals surface area (Å²) < 4.78 is 1.63. The van der Waals surface area contributed by atoms with Crippen molar-refractivity contribution in [1.29, 1.82) is 0 Å². The minimum absolute atomic E-state index is 0.0701. The number of nitrogens with one attached hydrogen (secondary N) is 2. The summed E-state index contributed by atoms with van der Waals surface area (Å²) >= 11 is 0. The van der Waals surface area contributed by atoms with Gasteiger partial charge in [0.2, 0.25) is 0 Å². The number of rotatable bonds is 2. The normalized spacial score (nSPS) is 17.4. The van der Waals surface area contributed by atoms with Crippen molar-refractivity contribution in [3.63, 3.8) is 0 Å². The first-order chi connectivity index (χ1) is 9.22. The molecule has 1 aromatic heterocycles. The summed E-state index contributed by atoms with van der Waals surface area (Å²) in [7, 11) is 1.80. The number of para-hydroxylation sites is 1. The van der Waals surface area contributed by atoms with Crippen molar-refractivity contribution >= 4 is 11.6 Å². The Morgan fingerprint density at radius 2 is 2.32 bits per heavy atom. The van der Waals surface area contributed by atoms with Crippen molar-refractivity contribution < 1.29 is 4.79 Å². The Hall–Kier alpha value is -2.30. The van der Waals surface area contributed by atoms with Gasteiger partial charge in [0.25, 0.3) is 5.91 Å². The molecular weight excluding hydrogens is 240 g/mol. The molecule has 1 atom stereocenters. The number of fused-ring (bicyclic) bond motifs is 1. The smallest absolute Gasteiger partial charge is 0.254 e. The zero-order valence-electron chi connectivity index (χ0n) is 10.8. The molecule has 3 rings (SSSR count). The van der Waals surface area contributed by atoms with Crippen LogP contribution < -0.4 is 10.6 Å². The molecule has 5 nitrogen and oxygen atoms in total. The van der Waals surface area contributed by atoms with E-state index < -0.39 is 0 Å². The highest BCUT2D eigenvalue weighted by atomic mass is 16.1. The van der Waals surface area contributed by atoms with E-state index >= 15 is 0 Å². The van der Waals surface area contributed by atoms with E-state index in [1.807, 2.05) is 12.1 Å². The van der Waals surface area contributed by atoms with E-state index in [0.717, 1.165) is 18.7 Å². The van der Waals surface area contributed by atoms with Gasteiger partial charge in [0, 0.05) is 25.5 Å². The van der Waals surface area contributed by atoms with Crippen LogP contribution >= 0.6 is 0 Å². The standard InChI is InChI=1S/C14H16N4O/c1-18-9-11(7-16-18)14(19)17-12-6-10-4-2-3-5-13(10)15-8-12/h2-5,7,9,12,15H,6,8H2,1H3,(H,17,19). The summed E-state index contributed by atoms with van der Waals surface area (Å²) in [5.41, 5.74) is 3.00. The van der Waals surface area contributed by atoms with Gasteiger partial charge in [-0.3, -0.25) is 9.48 Å². The number of benzene rings is 1. The van der Waals surface area contributed by atoms with Crippen molar-refractivity contribution in [2.24, 2.45) is 7.05 Å². The monoisotopic (exact) mass is 256 g/mol. The van der Waals surface area contributed by atoms with Gasteiger partial charge in [0.1, 0.15) is 0 Å². The lowest BCUT2D eigenvalue weighted by molar-refractivity contribution is 0.0938. The topological polar surface area (TPSA) is 59.0 Å². The lowest BCUT2D eigenvalue weighted by Crippen LogP contribution is -2.43. The first-order valence-electron chi connectivity index (χ1n) is 6.33. The fraction of sp³-hybridized carbons (Fsp3) is 0.286. The van der Waals surface area contributed by atoms with Crippen LogP contribution in [0.5, 0.6) is 0 Å². The molecule has 19 heavy (non-hydrogen) atoms. The van der Waals surface area contributed by atoms with Crippen LogP contribution in [0.25, 0.3) is 0 Å². The number of hydrogen-bond donors (Lipinski definition) is 2. The molecule has 1 aliphatic rings. The summed E-state index contributed by atoms with van der Waals surface area (Å²) in [5.74, 6) is -0.0701. The highest BCUT2D eigenvalue weighted by molar-refractivity contribution is 5.94. The van der Waals surface area contributed by atoms with E-state index in [4.69, 9.17) is 0 Å². The van der Waals surface area contributed by atoms with Crippen LogP contribution in [-0.4, -0.2) is 28.3 Å². The fourth-order valence-corrected chi connectivity index (χ4v) is 2.35. The molecule has 2 N–H and O–H groups in total. The first-order valence-corrected chi connectivity index (χ1v) is 6.33. The van der Waals surface area contributed by atoms with E-state index in [9.17, 15) is 4.79 Å². The Morgan fingerprint density at radius 3 is 3.11 bits per heavy atom.